The number of aryl methyl sites for hydroxylation is 1. The van der Waals surface area contributed by atoms with Gasteiger partial charge in [0, 0.05) is 32.6 Å². The van der Waals surface area contributed by atoms with E-state index in [0.717, 1.165) is 70.8 Å². The van der Waals surface area contributed by atoms with E-state index in [1.54, 1.807) is 7.05 Å². The summed E-state index contributed by atoms with van der Waals surface area (Å²) in [5.41, 5.74) is 11.8. The lowest BCUT2D eigenvalue weighted by molar-refractivity contribution is 0.0908. The number of nitrogens with one attached hydrogen (secondary N) is 1. The highest BCUT2D eigenvalue weighted by atomic mass is 16.5. The number of piperidine rings is 1. The molecule has 0 amide bonds. The van der Waals surface area contributed by atoms with E-state index in [-0.39, 0.29) is 6.10 Å². The van der Waals surface area contributed by atoms with Crippen LogP contribution in [0.2, 0.25) is 0 Å². The van der Waals surface area contributed by atoms with Crippen LogP contribution in [0.15, 0.2) is 46.9 Å². The number of aromatic amines is 1. The first kappa shape index (κ1) is 22.2. The van der Waals surface area contributed by atoms with E-state index >= 15 is 0 Å². The summed E-state index contributed by atoms with van der Waals surface area (Å²) in [6.45, 7) is 4.86. The number of hydrogen-bond acceptors (Lipinski definition) is 7. The van der Waals surface area contributed by atoms with Crippen LogP contribution in [-0.2, 0) is 11.8 Å². The Balaban J connectivity index is 1.68. The number of fused-ring (bicyclic) bond motifs is 5. The van der Waals surface area contributed by atoms with Gasteiger partial charge in [-0.3, -0.25) is 15.0 Å². The van der Waals surface area contributed by atoms with Crippen LogP contribution in [0.5, 0.6) is 5.88 Å². The third kappa shape index (κ3) is 4.19. The maximum atomic E-state index is 6.56. The molecule has 9 heteroatoms. The molecule has 178 valence electrons. The Labute approximate surface area is 198 Å². The number of allylic oxidation sites excluding steroid dienone is 1. The summed E-state index contributed by atoms with van der Waals surface area (Å²) >= 11 is 0. The van der Waals surface area contributed by atoms with Crippen molar-refractivity contribution in [2.24, 2.45) is 17.8 Å². The lowest BCUT2D eigenvalue weighted by atomic mass is 10.0. The van der Waals surface area contributed by atoms with Gasteiger partial charge >= 0.3 is 0 Å². The quantitative estimate of drug-likeness (QED) is 0.568. The first-order chi connectivity index (χ1) is 16.6. The average Bonchev–Trinajstić information content (AvgIpc) is 3.41. The standard InChI is InChI=1S/C25H31N7O2/c1-4-33-24(26)18-8-10-22-19-12-16(7-9-21(19)29-30-22)20-13-28-31(3)25(20)34-17-6-5-11-32(14-17)15-23(18)27-2/h7-10,12-13,17H,4-6,11,14-15,26H2,1-3H3,(H,29,30)/b10-8+,24-18+,27-23?/t17-/m1/s1. The molecule has 2 aliphatic rings. The van der Waals surface area contributed by atoms with Crippen LogP contribution in [0.1, 0.15) is 25.5 Å². The van der Waals surface area contributed by atoms with Gasteiger partial charge in [0.05, 0.1) is 40.9 Å². The molecule has 0 radical (unpaired) electrons. The monoisotopic (exact) mass is 461 g/mol. The molecule has 4 heterocycles. The summed E-state index contributed by atoms with van der Waals surface area (Å²) < 4.78 is 14.1. The molecule has 3 N–H and O–H groups in total. The number of aromatic nitrogens is 4. The van der Waals surface area contributed by atoms with Crippen LogP contribution >= 0.6 is 0 Å². The molecule has 4 bridgehead atoms. The average molecular weight is 462 g/mol. The summed E-state index contributed by atoms with van der Waals surface area (Å²) in [5, 5.41) is 13.1. The molecule has 1 saturated heterocycles. The van der Waals surface area contributed by atoms with Crippen molar-refractivity contribution in [3.05, 3.63) is 47.6 Å². The number of benzene rings is 1. The largest absolute Gasteiger partial charge is 0.479 e. The fraction of sp³-hybridized carbons (Fsp3) is 0.400. The Kier molecular flexibility index (Phi) is 6.10. The number of ether oxygens (including phenoxy) is 2. The Bertz CT molecular complexity index is 1280. The van der Waals surface area contributed by atoms with Gasteiger partial charge in [-0.2, -0.15) is 10.2 Å². The summed E-state index contributed by atoms with van der Waals surface area (Å²) in [4.78, 5) is 6.97. The second-order valence-corrected chi connectivity index (χ2v) is 8.69. The second-order valence-electron chi connectivity index (χ2n) is 8.69. The summed E-state index contributed by atoms with van der Waals surface area (Å²) in [5.74, 6) is 1.16. The molecule has 0 aliphatic carbocycles. The predicted molar refractivity (Wildman–Crippen MR) is 134 cm³/mol. The Morgan fingerprint density at radius 3 is 3.06 bits per heavy atom. The van der Waals surface area contributed by atoms with Crippen LogP contribution in [0, 0.1) is 0 Å². The zero-order valence-corrected chi connectivity index (χ0v) is 19.9. The first-order valence-electron chi connectivity index (χ1n) is 11.7. The van der Waals surface area contributed by atoms with Gasteiger partial charge < -0.3 is 15.2 Å². The highest BCUT2D eigenvalue weighted by Crippen LogP contribution is 2.34. The number of rotatable bonds is 2. The first-order valence-corrected chi connectivity index (χ1v) is 11.7. The van der Waals surface area contributed by atoms with Gasteiger partial charge in [0.2, 0.25) is 5.88 Å². The maximum absolute atomic E-state index is 6.56. The second kappa shape index (κ2) is 9.34. The molecule has 1 fully saturated rings. The molecule has 0 saturated carbocycles. The van der Waals surface area contributed by atoms with E-state index in [0.29, 0.717) is 19.0 Å². The molecule has 2 aliphatic heterocycles. The predicted octanol–water partition coefficient (Wildman–Crippen LogP) is 3.11. The molecule has 1 aromatic carbocycles. The number of hydrogen-bond donors (Lipinski definition) is 2. The van der Waals surface area contributed by atoms with Gasteiger partial charge in [0.15, 0.2) is 5.88 Å². The van der Waals surface area contributed by atoms with E-state index < -0.39 is 0 Å². The van der Waals surface area contributed by atoms with Crippen molar-refractivity contribution in [3.8, 4) is 17.0 Å². The van der Waals surface area contributed by atoms with E-state index in [9.17, 15) is 0 Å². The lowest BCUT2D eigenvalue weighted by Crippen LogP contribution is -2.44. The molecule has 5 rings (SSSR count). The van der Waals surface area contributed by atoms with Crippen LogP contribution in [-0.4, -0.2) is 70.0 Å². The minimum atomic E-state index is 0.0616. The van der Waals surface area contributed by atoms with E-state index in [1.807, 2.05) is 43.1 Å². The van der Waals surface area contributed by atoms with Crippen molar-refractivity contribution in [2.75, 3.05) is 33.3 Å². The Morgan fingerprint density at radius 2 is 2.24 bits per heavy atom. The number of H-pyrrole nitrogens is 1. The number of nitrogens with two attached hydrogens (primary N) is 1. The number of nitrogens with zero attached hydrogens (tertiary/aromatic N) is 5. The third-order valence-electron chi connectivity index (χ3n) is 6.46. The van der Waals surface area contributed by atoms with Crippen molar-refractivity contribution in [1.82, 2.24) is 24.9 Å². The smallest absolute Gasteiger partial charge is 0.219 e. The van der Waals surface area contributed by atoms with Gasteiger partial charge in [-0.1, -0.05) is 6.07 Å². The summed E-state index contributed by atoms with van der Waals surface area (Å²) in [6, 6.07) is 6.20. The van der Waals surface area contributed by atoms with Gasteiger partial charge in [-0.15, -0.1) is 0 Å². The summed E-state index contributed by atoms with van der Waals surface area (Å²) in [6.07, 6.45) is 7.94. The zero-order valence-electron chi connectivity index (χ0n) is 19.9. The van der Waals surface area contributed by atoms with Crippen molar-refractivity contribution >= 4 is 22.7 Å². The van der Waals surface area contributed by atoms with Crippen LogP contribution in [0.4, 0.5) is 0 Å². The van der Waals surface area contributed by atoms with Crippen molar-refractivity contribution in [3.63, 3.8) is 0 Å². The minimum absolute atomic E-state index is 0.0616. The van der Waals surface area contributed by atoms with Gasteiger partial charge in [-0.25, -0.2) is 4.68 Å². The zero-order chi connectivity index (χ0) is 23.7. The van der Waals surface area contributed by atoms with Crippen molar-refractivity contribution in [2.45, 2.75) is 25.9 Å². The molecule has 3 aromatic rings. The normalized spacial score (nSPS) is 24.3. The highest BCUT2D eigenvalue weighted by Gasteiger charge is 2.26. The molecule has 2 aromatic heterocycles. The highest BCUT2D eigenvalue weighted by molar-refractivity contribution is 6.05. The van der Waals surface area contributed by atoms with Crippen LogP contribution in [0.3, 0.4) is 0 Å². The summed E-state index contributed by atoms with van der Waals surface area (Å²) in [7, 11) is 3.72. The SMILES string of the molecule is CCO/C(N)=C1\C=C\c2[nH]nc3ccc(cc23)-c2cnn(C)c2O[C@@H]2CCCN(CC1=NC)C2. The Morgan fingerprint density at radius 1 is 1.35 bits per heavy atom. The third-order valence-corrected chi connectivity index (χ3v) is 6.46. The molecular weight excluding hydrogens is 430 g/mol. The van der Waals surface area contributed by atoms with E-state index in [2.05, 4.69) is 37.3 Å². The van der Waals surface area contributed by atoms with E-state index in [1.165, 1.54) is 0 Å². The fourth-order valence-electron chi connectivity index (χ4n) is 4.71. The molecule has 34 heavy (non-hydrogen) atoms. The van der Waals surface area contributed by atoms with Crippen molar-refractivity contribution in [1.29, 1.82) is 0 Å². The molecular formula is C25H31N7O2. The van der Waals surface area contributed by atoms with Gasteiger partial charge in [-0.05, 0) is 56.2 Å². The maximum Gasteiger partial charge on any atom is 0.219 e. The molecule has 1 unspecified atom stereocenters. The Hall–Kier alpha value is -3.59. The minimum Gasteiger partial charge on any atom is -0.479 e. The van der Waals surface area contributed by atoms with Crippen molar-refractivity contribution < 1.29 is 9.47 Å². The molecule has 0 spiro atoms. The number of aliphatic imine (C=N–C) groups is 1. The van der Waals surface area contributed by atoms with Crippen LogP contribution < -0.4 is 10.5 Å². The molecule has 2 atom stereocenters. The topological polar surface area (TPSA) is 107 Å². The fourth-order valence-corrected chi connectivity index (χ4v) is 4.71. The van der Waals surface area contributed by atoms with Gasteiger partial charge in [0.1, 0.15) is 6.10 Å². The lowest BCUT2D eigenvalue weighted by Gasteiger charge is -2.33. The van der Waals surface area contributed by atoms with E-state index in [4.69, 9.17) is 15.2 Å². The van der Waals surface area contributed by atoms with Gasteiger partial charge in [0.25, 0.3) is 0 Å². The molecule has 9 nitrogen and oxygen atoms in total. The van der Waals surface area contributed by atoms with Crippen LogP contribution in [0.25, 0.3) is 28.1 Å².